The number of nitrogens with one attached hydrogen (secondary N) is 1. The second-order valence-corrected chi connectivity index (χ2v) is 5.96. The Morgan fingerprint density at radius 2 is 2.25 bits per heavy atom. The number of hydrogen-bond acceptors (Lipinski definition) is 2. The number of benzene rings is 1. The van der Waals surface area contributed by atoms with Gasteiger partial charge >= 0.3 is 0 Å². The van der Waals surface area contributed by atoms with Crippen LogP contribution in [-0.2, 0) is 6.42 Å². The molecule has 0 saturated heterocycles. The minimum Gasteiger partial charge on any atom is -0.319 e. The van der Waals surface area contributed by atoms with E-state index < -0.39 is 0 Å². The molecule has 1 N–H and O–H groups in total. The molecule has 1 aliphatic heterocycles. The summed E-state index contributed by atoms with van der Waals surface area (Å²) in [7, 11) is 2.05. The van der Waals surface area contributed by atoms with Crippen molar-refractivity contribution in [3.05, 3.63) is 29.8 Å². The molecule has 2 rings (SSSR count). The summed E-state index contributed by atoms with van der Waals surface area (Å²) in [5, 5.41) is 4.11. The molecule has 88 valence electrons. The molecule has 0 aromatic heterocycles. The van der Waals surface area contributed by atoms with Crippen molar-refractivity contribution < 1.29 is 0 Å². The largest absolute Gasteiger partial charge is 0.319 e. The Bertz CT molecular complexity index is 312. The van der Waals surface area contributed by atoms with Gasteiger partial charge in [0.2, 0.25) is 0 Å². The van der Waals surface area contributed by atoms with E-state index in [0.717, 1.165) is 17.7 Å². The van der Waals surface area contributed by atoms with Gasteiger partial charge in [0.05, 0.1) is 0 Å². The Balaban J connectivity index is 1.91. The van der Waals surface area contributed by atoms with Gasteiger partial charge in [-0.05, 0) is 44.0 Å². The lowest BCUT2D eigenvalue weighted by Gasteiger charge is -2.17. The maximum atomic E-state index is 3.30. The first-order chi connectivity index (χ1) is 7.83. The third-order valence-corrected chi connectivity index (χ3v) is 4.72. The van der Waals surface area contributed by atoms with Crippen LogP contribution in [0, 0.1) is 5.92 Å². The predicted molar refractivity (Wildman–Crippen MR) is 72.1 cm³/mol. The van der Waals surface area contributed by atoms with Crippen LogP contribution in [0.4, 0.5) is 0 Å². The number of thioether (sulfide) groups is 1. The maximum absolute atomic E-state index is 3.30. The molecule has 0 bridgehead atoms. The normalized spacial score (nSPS) is 20.8. The molecule has 2 heteroatoms. The molecular formula is C14H21NS. The highest BCUT2D eigenvalue weighted by Gasteiger charge is 2.23. The lowest BCUT2D eigenvalue weighted by Crippen LogP contribution is -2.21. The van der Waals surface area contributed by atoms with Crippen molar-refractivity contribution >= 4 is 11.8 Å². The highest BCUT2D eigenvalue weighted by molar-refractivity contribution is 8.00. The van der Waals surface area contributed by atoms with Crippen LogP contribution in [0.2, 0.25) is 0 Å². The van der Waals surface area contributed by atoms with Crippen molar-refractivity contribution in [3.63, 3.8) is 0 Å². The summed E-state index contributed by atoms with van der Waals surface area (Å²) >= 11 is 2.08. The predicted octanol–water partition coefficient (Wildman–Crippen LogP) is 3.34. The van der Waals surface area contributed by atoms with Crippen LogP contribution in [-0.4, -0.2) is 18.8 Å². The van der Waals surface area contributed by atoms with Crippen LogP contribution in [0.25, 0.3) is 0 Å². The summed E-state index contributed by atoms with van der Waals surface area (Å²) in [6.07, 6.45) is 3.89. The fourth-order valence-electron chi connectivity index (χ4n) is 2.44. The van der Waals surface area contributed by atoms with Gasteiger partial charge in [-0.2, -0.15) is 0 Å². The molecule has 0 amide bonds. The smallest absolute Gasteiger partial charge is 0.0138 e. The molecule has 2 atom stereocenters. The number of hydrogen-bond donors (Lipinski definition) is 1. The Kier molecular flexibility index (Phi) is 4.30. The average Bonchev–Trinajstić information content (AvgIpc) is 2.70. The van der Waals surface area contributed by atoms with Gasteiger partial charge in [-0.25, -0.2) is 0 Å². The van der Waals surface area contributed by atoms with Crippen molar-refractivity contribution in [1.82, 2.24) is 5.32 Å². The van der Waals surface area contributed by atoms with Gasteiger partial charge in [0.1, 0.15) is 0 Å². The Hall–Kier alpha value is -0.470. The van der Waals surface area contributed by atoms with Crippen LogP contribution in [0.5, 0.6) is 0 Å². The van der Waals surface area contributed by atoms with Gasteiger partial charge in [-0.3, -0.25) is 0 Å². The quantitative estimate of drug-likeness (QED) is 0.840. The molecule has 0 radical (unpaired) electrons. The molecule has 1 aromatic carbocycles. The fraction of sp³-hybridized carbons (Fsp3) is 0.571. The van der Waals surface area contributed by atoms with Gasteiger partial charge in [0.25, 0.3) is 0 Å². The molecule has 0 aliphatic carbocycles. The van der Waals surface area contributed by atoms with E-state index >= 15 is 0 Å². The van der Waals surface area contributed by atoms with Crippen LogP contribution in [0.1, 0.15) is 25.3 Å². The molecule has 0 spiro atoms. The summed E-state index contributed by atoms with van der Waals surface area (Å²) in [6, 6.07) is 8.85. The Labute approximate surface area is 103 Å². The molecule has 0 saturated carbocycles. The van der Waals surface area contributed by atoms with Crippen molar-refractivity contribution in [2.24, 2.45) is 5.92 Å². The van der Waals surface area contributed by atoms with Crippen LogP contribution < -0.4 is 5.32 Å². The SMILES string of the molecule is CCC(CNC)CC1Cc2ccccc2S1. The fourth-order valence-corrected chi connectivity index (χ4v) is 3.89. The summed E-state index contributed by atoms with van der Waals surface area (Å²) < 4.78 is 0. The van der Waals surface area contributed by atoms with Crippen molar-refractivity contribution in [1.29, 1.82) is 0 Å². The molecule has 1 heterocycles. The van der Waals surface area contributed by atoms with E-state index in [1.807, 2.05) is 0 Å². The topological polar surface area (TPSA) is 12.0 Å². The molecular weight excluding hydrogens is 214 g/mol. The summed E-state index contributed by atoms with van der Waals surface area (Å²) in [5.74, 6) is 0.830. The third-order valence-electron chi connectivity index (χ3n) is 3.38. The third kappa shape index (κ3) is 2.80. The monoisotopic (exact) mass is 235 g/mol. The molecule has 16 heavy (non-hydrogen) atoms. The van der Waals surface area contributed by atoms with E-state index in [1.54, 1.807) is 5.56 Å². The second-order valence-electron chi connectivity index (χ2n) is 4.62. The zero-order valence-corrected chi connectivity index (χ0v) is 11.0. The first-order valence-electron chi connectivity index (χ1n) is 6.22. The van der Waals surface area contributed by atoms with E-state index in [4.69, 9.17) is 0 Å². The summed E-state index contributed by atoms with van der Waals surface area (Å²) in [6.45, 7) is 3.46. The minimum atomic E-state index is 0.802. The van der Waals surface area contributed by atoms with Crippen LogP contribution in [0.3, 0.4) is 0 Å². The lowest BCUT2D eigenvalue weighted by molar-refractivity contribution is 0.444. The van der Waals surface area contributed by atoms with E-state index in [0.29, 0.717) is 0 Å². The molecule has 0 fully saturated rings. The Morgan fingerprint density at radius 3 is 2.94 bits per heavy atom. The zero-order valence-electron chi connectivity index (χ0n) is 10.2. The lowest BCUT2D eigenvalue weighted by atomic mass is 9.97. The van der Waals surface area contributed by atoms with Gasteiger partial charge in [-0.15, -0.1) is 11.8 Å². The van der Waals surface area contributed by atoms with Crippen LogP contribution in [0.15, 0.2) is 29.2 Å². The first-order valence-corrected chi connectivity index (χ1v) is 7.10. The minimum absolute atomic E-state index is 0.802. The average molecular weight is 235 g/mol. The van der Waals surface area contributed by atoms with Crippen molar-refractivity contribution in [3.8, 4) is 0 Å². The van der Waals surface area contributed by atoms with E-state index in [1.165, 1.54) is 24.2 Å². The molecule has 1 nitrogen and oxygen atoms in total. The van der Waals surface area contributed by atoms with Gasteiger partial charge < -0.3 is 5.32 Å². The van der Waals surface area contributed by atoms with E-state index in [-0.39, 0.29) is 0 Å². The highest BCUT2D eigenvalue weighted by Crippen LogP contribution is 2.39. The van der Waals surface area contributed by atoms with Crippen molar-refractivity contribution in [2.75, 3.05) is 13.6 Å². The second kappa shape index (κ2) is 5.74. The number of fused-ring (bicyclic) bond motifs is 1. The summed E-state index contributed by atoms with van der Waals surface area (Å²) in [4.78, 5) is 1.51. The highest BCUT2D eigenvalue weighted by atomic mass is 32.2. The maximum Gasteiger partial charge on any atom is 0.0138 e. The molecule has 1 aliphatic rings. The van der Waals surface area contributed by atoms with Crippen molar-refractivity contribution in [2.45, 2.75) is 36.3 Å². The molecule has 1 aromatic rings. The van der Waals surface area contributed by atoms with Gasteiger partial charge in [0.15, 0.2) is 0 Å². The first kappa shape index (κ1) is 12.0. The van der Waals surface area contributed by atoms with E-state index in [2.05, 4.69) is 55.3 Å². The van der Waals surface area contributed by atoms with E-state index in [9.17, 15) is 0 Å². The molecule has 2 unspecified atom stereocenters. The summed E-state index contributed by atoms with van der Waals surface area (Å²) in [5.41, 5.74) is 1.55. The van der Waals surface area contributed by atoms with Crippen LogP contribution >= 0.6 is 11.8 Å². The number of rotatable bonds is 5. The van der Waals surface area contributed by atoms with Gasteiger partial charge in [-0.1, -0.05) is 31.5 Å². The van der Waals surface area contributed by atoms with Gasteiger partial charge in [0, 0.05) is 10.1 Å². The standard InChI is InChI=1S/C14H21NS/c1-3-11(10-15-2)8-13-9-12-6-4-5-7-14(12)16-13/h4-7,11,13,15H,3,8-10H2,1-2H3. The Morgan fingerprint density at radius 1 is 1.44 bits per heavy atom. The zero-order chi connectivity index (χ0) is 11.4.